The van der Waals surface area contributed by atoms with E-state index in [1.807, 2.05) is 0 Å². The van der Waals surface area contributed by atoms with E-state index in [0.29, 0.717) is 12.0 Å². The Balaban J connectivity index is 3.15. The molecule has 21 heavy (non-hydrogen) atoms. The lowest BCUT2D eigenvalue weighted by molar-refractivity contribution is 0.294. The Morgan fingerprint density at radius 3 is 2.24 bits per heavy atom. The predicted octanol–water partition coefficient (Wildman–Crippen LogP) is 5.26. The molecule has 120 valence electrons. The van der Waals surface area contributed by atoms with Gasteiger partial charge in [0.2, 0.25) is 0 Å². The van der Waals surface area contributed by atoms with Gasteiger partial charge in [-0.2, -0.15) is 0 Å². The van der Waals surface area contributed by atoms with Gasteiger partial charge < -0.3 is 10.1 Å². The van der Waals surface area contributed by atoms with Gasteiger partial charge in [-0.1, -0.05) is 51.3 Å². The van der Waals surface area contributed by atoms with Crippen molar-refractivity contribution in [3.05, 3.63) is 29.3 Å². The van der Waals surface area contributed by atoms with E-state index in [-0.39, 0.29) is 0 Å². The van der Waals surface area contributed by atoms with Crippen LogP contribution in [0.15, 0.2) is 18.2 Å². The third-order valence-corrected chi connectivity index (χ3v) is 4.01. The van der Waals surface area contributed by atoms with E-state index in [1.54, 1.807) is 0 Å². The van der Waals surface area contributed by atoms with Gasteiger partial charge in [0.25, 0.3) is 0 Å². The molecular weight excluding hydrogens is 258 g/mol. The van der Waals surface area contributed by atoms with Crippen molar-refractivity contribution in [3.63, 3.8) is 0 Å². The van der Waals surface area contributed by atoms with E-state index >= 15 is 0 Å². The summed E-state index contributed by atoms with van der Waals surface area (Å²) in [5.74, 6) is 1.73. The fourth-order valence-electron chi connectivity index (χ4n) is 3.17. The molecule has 0 saturated carbocycles. The molecule has 1 rings (SSSR count). The maximum atomic E-state index is 5.89. The average molecular weight is 291 g/mol. The zero-order chi connectivity index (χ0) is 15.7. The van der Waals surface area contributed by atoms with E-state index in [4.69, 9.17) is 4.74 Å². The van der Waals surface area contributed by atoms with Gasteiger partial charge in [-0.05, 0) is 45.2 Å². The minimum Gasteiger partial charge on any atom is -0.494 e. The normalized spacial score (nSPS) is 12.7. The number of rotatable bonds is 10. The van der Waals surface area contributed by atoms with Crippen LogP contribution in [0.2, 0.25) is 0 Å². The molecule has 1 aromatic carbocycles. The smallest absolute Gasteiger partial charge is 0.124 e. The first kappa shape index (κ1) is 18.0. The minimum atomic E-state index is 0.399. The Hall–Kier alpha value is -1.02. The monoisotopic (exact) mass is 291 g/mol. The Morgan fingerprint density at radius 2 is 1.71 bits per heavy atom. The summed E-state index contributed by atoms with van der Waals surface area (Å²) in [6.45, 7) is 12.7. The van der Waals surface area contributed by atoms with Crippen LogP contribution in [0, 0.1) is 12.8 Å². The summed E-state index contributed by atoms with van der Waals surface area (Å²) in [6.07, 6.45) is 5.01. The van der Waals surface area contributed by atoms with Crippen LogP contribution >= 0.6 is 0 Å². The van der Waals surface area contributed by atoms with Crippen LogP contribution in [0.3, 0.4) is 0 Å². The molecule has 0 radical (unpaired) electrons. The van der Waals surface area contributed by atoms with Crippen molar-refractivity contribution in [2.75, 3.05) is 13.2 Å². The molecule has 0 saturated heterocycles. The van der Waals surface area contributed by atoms with E-state index in [1.165, 1.54) is 36.8 Å². The van der Waals surface area contributed by atoms with Gasteiger partial charge in [-0.15, -0.1) is 0 Å². The van der Waals surface area contributed by atoms with Crippen LogP contribution in [-0.4, -0.2) is 13.2 Å². The summed E-state index contributed by atoms with van der Waals surface area (Å²) in [5, 5.41) is 3.71. The van der Waals surface area contributed by atoms with Gasteiger partial charge >= 0.3 is 0 Å². The zero-order valence-electron chi connectivity index (χ0n) is 14.5. The molecule has 0 bridgehead atoms. The molecule has 0 aliphatic heterocycles. The first-order chi connectivity index (χ1) is 10.2. The highest BCUT2D eigenvalue weighted by atomic mass is 16.5. The van der Waals surface area contributed by atoms with Gasteiger partial charge in [-0.25, -0.2) is 0 Å². The Bertz CT molecular complexity index is 397. The summed E-state index contributed by atoms with van der Waals surface area (Å²) >= 11 is 0. The molecule has 2 nitrogen and oxygen atoms in total. The summed E-state index contributed by atoms with van der Waals surface area (Å²) in [4.78, 5) is 0. The van der Waals surface area contributed by atoms with Crippen molar-refractivity contribution in [2.45, 2.75) is 66.3 Å². The third-order valence-electron chi connectivity index (χ3n) is 4.01. The van der Waals surface area contributed by atoms with Crippen molar-refractivity contribution in [2.24, 2.45) is 5.92 Å². The van der Waals surface area contributed by atoms with Gasteiger partial charge in [-0.3, -0.25) is 0 Å². The topological polar surface area (TPSA) is 21.3 Å². The van der Waals surface area contributed by atoms with Crippen molar-refractivity contribution < 1.29 is 4.74 Å². The maximum absolute atomic E-state index is 5.89. The Kier molecular flexibility index (Phi) is 8.44. The van der Waals surface area contributed by atoms with E-state index in [9.17, 15) is 0 Å². The minimum absolute atomic E-state index is 0.399. The van der Waals surface area contributed by atoms with Crippen molar-refractivity contribution in [1.29, 1.82) is 0 Å². The fourth-order valence-corrected chi connectivity index (χ4v) is 3.17. The van der Waals surface area contributed by atoms with Crippen molar-refractivity contribution in [3.8, 4) is 5.75 Å². The highest BCUT2D eigenvalue weighted by Crippen LogP contribution is 2.35. The van der Waals surface area contributed by atoms with E-state index in [2.05, 4.69) is 58.1 Å². The lowest BCUT2D eigenvalue weighted by Crippen LogP contribution is -2.29. The average Bonchev–Trinajstić information content (AvgIpc) is 2.47. The number of hydrogen-bond acceptors (Lipinski definition) is 2. The number of nitrogens with one attached hydrogen (secondary N) is 1. The Labute approximate surface area is 131 Å². The molecule has 0 aliphatic carbocycles. The fraction of sp³-hybridized carbons (Fsp3) is 0.684. The van der Waals surface area contributed by atoms with E-state index in [0.717, 1.165) is 18.9 Å². The van der Waals surface area contributed by atoms with Gasteiger partial charge in [0.05, 0.1) is 6.61 Å². The lowest BCUT2D eigenvalue weighted by atomic mass is 9.85. The molecule has 1 N–H and O–H groups in total. The maximum Gasteiger partial charge on any atom is 0.124 e. The van der Waals surface area contributed by atoms with Crippen LogP contribution in [0.1, 0.15) is 70.5 Å². The molecule has 0 spiro atoms. The molecule has 0 fully saturated rings. The number of hydrogen-bond donors (Lipinski definition) is 1. The summed E-state index contributed by atoms with van der Waals surface area (Å²) < 4.78 is 5.89. The predicted molar refractivity (Wildman–Crippen MR) is 92.1 cm³/mol. The van der Waals surface area contributed by atoms with Crippen molar-refractivity contribution in [1.82, 2.24) is 5.32 Å². The largest absolute Gasteiger partial charge is 0.494 e. The van der Waals surface area contributed by atoms with Crippen LogP contribution in [0.4, 0.5) is 0 Å². The molecular formula is C19H33NO. The van der Waals surface area contributed by atoms with Crippen LogP contribution in [-0.2, 0) is 0 Å². The van der Waals surface area contributed by atoms with Gasteiger partial charge in [0, 0.05) is 11.6 Å². The molecule has 0 aromatic heterocycles. The van der Waals surface area contributed by atoms with E-state index < -0.39 is 0 Å². The Morgan fingerprint density at radius 1 is 1.05 bits per heavy atom. The summed E-state index contributed by atoms with van der Waals surface area (Å²) in [6, 6.07) is 6.98. The summed E-state index contributed by atoms with van der Waals surface area (Å²) in [5.41, 5.74) is 2.65. The molecule has 1 aromatic rings. The number of aryl methyl sites for hydroxylation is 1. The molecule has 0 aliphatic rings. The van der Waals surface area contributed by atoms with Crippen LogP contribution < -0.4 is 10.1 Å². The standard InChI is InChI=1S/C19H33NO/c1-6-10-16(11-7-2)19(20-8-3)17-14-15(5)12-13-18(17)21-9-4/h12-14,16,19-20H,6-11H2,1-5H3. The molecule has 2 heteroatoms. The van der Waals surface area contributed by atoms with Crippen LogP contribution in [0.25, 0.3) is 0 Å². The van der Waals surface area contributed by atoms with Gasteiger partial charge in [0.15, 0.2) is 0 Å². The second-order valence-electron chi connectivity index (χ2n) is 5.85. The lowest BCUT2D eigenvalue weighted by Gasteiger charge is -2.29. The first-order valence-electron chi connectivity index (χ1n) is 8.64. The van der Waals surface area contributed by atoms with Crippen LogP contribution in [0.5, 0.6) is 5.75 Å². The first-order valence-corrected chi connectivity index (χ1v) is 8.64. The third kappa shape index (κ3) is 5.35. The number of ether oxygens (including phenoxy) is 1. The molecule has 0 heterocycles. The second-order valence-corrected chi connectivity index (χ2v) is 5.85. The quantitative estimate of drug-likeness (QED) is 0.635. The molecule has 1 atom stereocenters. The summed E-state index contributed by atoms with van der Waals surface area (Å²) in [7, 11) is 0. The zero-order valence-corrected chi connectivity index (χ0v) is 14.5. The van der Waals surface area contributed by atoms with Gasteiger partial charge in [0.1, 0.15) is 5.75 Å². The number of benzene rings is 1. The molecule has 0 amide bonds. The highest BCUT2D eigenvalue weighted by Gasteiger charge is 2.24. The molecule has 1 unspecified atom stereocenters. The van der Waals surface area contributed by atoms with Crippen molar-refractivity contribution >= 4 is 0 Å². The SMILES string of the molecule is CCCC(CCC)C(NCC)c1cc(C)ccc1OCC. The second kappa shape index (κ2) is 9.83. The highest BCUT2D eigenvalue weighted by molar-refractivity contribution is 5.39.